The molecule has 0 bridgehead atoms. The van der Waals surface area contributed by atoms with Crippen LogP contribution in [-0.4, -0.2) is 0 Å². The summed E-state index contributed by atoms with van der Waals surface area (Å²) >= 11 is 6.02. The van der Waals surface area contributed by atoms with Gasteiger partial charge < -0.3 is 13.6 Å². The van der Waals surface area contributed by atoms with Gasteiger partial charge in [0, 0.05) is 11.8 Å². The highest BCUT2D eigenvalue weighted by molar-refractivity contribution is 8.08. The zero-order valence-corrected chi connectivity index (χ0v) is 21.0. The molecule has 0 spiro atoms. The van der Waals surface area contributed by atoms with Crippen LogP contribution < -0.4 is 13.6 Å². The van der Waals surface area contributed by atoms with Gasteiger partial charge in [0.2, 0.25) is 0 Å². The van der Waals surface area contributed by atoms with Crippen molar-refractivity contribution in [3.05, 3.63) is 89.5 Å². The zero-order chi connectivity index (χ0) is 22.8. The van der Waals surface area contributed by atoms with Crippen molar-refractivity contribution in [2.24, 2.45) is 0 Å². The van der Waals surface area contributed by atoms with Gasteiger partial charge in [0.15, 0.2) is 0 Å². The Hall–Kier alpha value is -2.29. The molecule has 0 N–H and O–H groups in total. The number of benzene rings is 3. The van der Waals surface area contributed by atoms with Crippen LogP contribution in [-0.2, 0) is 31.1 Å². The summed E-state index contributed by atoms with van der Waals surface area (Å²) < 4.78 is 19.3. The molecule has 0 aliphatic rings. The number of aryl methyl sites for hydroxylation is 3. The lowest BCUT2D eigenvalue weighted by Crippen LogP contribution is -2.10. The molecule has 3 nitrogen and oxygen atoms in total. The standard InChI is InChI=1S/C27H33O3PS/c1-4-13-22-16-7-10-19-25(22)28-31(32,29-26-20-11-8-17-23(26)14-5-2)30-27-21-12-9-18-24(27)15-6-3/h7-12,16-21H,4-6,13-15H2,1-3H3. The van der Waals surface area contributed by atoms with E-state index < -0.39 is 6.72 Å². The van der Waals surface area contributed by atoms with Crippen LogP contribution in [0.25, 0.3) is 0 Å². The summed E-state index contributed by atoms with van der Waals surface area (Å²) in [6.07, 6.45) is 5.77. The normalized spacial score (nSPS) is 11.2. The van der Waals surface area contributed by atoms with Gasteiger partial charge in [-0.25, -0.2) is 0 Å². The average Bonchev–Trinajstić information content (AvgIpc) is 2.78. The van der Waals surface area contributed by atoms with Crippen LogP contribution in [0, 0.1) is 0 Å². The number of hydrogen-bond donors (Lipinski definition) is 0. The van der Waals surface area contributed by atoms with Crippen molar-refractivity contribution >= 4 is 18.5 Å². The van der Waals surface area contributed by atoms with Crippen LogP contribution in [0.4, 0.5) is 0 Å². The maximum Gasteiger partial charge on any atom is 0.490 e. The Balaban J connectivity index is 2.01. The Kier molecular flexibility index (Phi) is 9.20. The third kappa shape index (κ3) is 6.60. The molecule has 0 heterocycles. The molecule has 5 heteroatoms. The van der Waals surface area contributed by atoms with Gasteiger partial charge in [-0.1, -0.05) is 94.6 Å². The van der Waals surface area contributed by atoms with E-state index in [0.717, 1.165) is 72.5 Å². The summed E-state index contributed by atoms with van der Waals surface area (Å²) in [5, 5.41) is 0. The van der Waals surface area contributed by atoms with E-state index >= 15 is 0 Å². The van der Waals surface area contributed by atoms with Crippen molar-refractivity contribution in [2.45, 2.75) is 59.3 Å². The minimum atomic E-state index is -3.20. The van der Waals surface area contributed by atoms with E-state index in [4.69, 9.17) is 25.4 Å². The lowest BCUT2D eigenvalue weighted by Gasteiger charge is -2.26. The Bertz CT molecular complexity index is 918. The van der Waals surface area contributed by atoms with Gasteiger partial charge in [-0.05, 0) is 54.2 Å². The molecule has 0 aromatic heterocycles. The van der Waals surface area contributed by atoms with E-state index in [1.807, 2.05) is 54.6 Å². The first-order chi connectivity index (χ1) is 15.6. The van der Waals surface area contributed by atoms with E-state index in [1.54, 1.807) is 0 Å². The van der Waals surface area contributed by atoms with Gasteiger partial charge in [0.05, 0.1) is 0 Å². The molecule has 0 unspecified atom stereocenters. The van der Waals surface area contributed by atoms with Crippen LogP contribution in [0.5, 0.6) is 17.2 Å². The molecule has 3 rings (SSSR count). The molecule has 0 aliphatic heterocycles. The fourth-order valence-electron chi connectivity index (χ4n) is 3.62. The first kappa shape index (κ1) is 24.4. The molecule has 3 aromatic carbocycles. The van der Waals surface area contributed by atoms with Crippen LogP contribution in [0.1, 0.15) is 56.7 Å². The average molecular weight is 469 g/mol. The van der Waals surface area contributed by atoms with E-state index in [9.17, 15) is 0 Å². The van der Waals surface area contributed by atoms with Gasteiger partial charge in [0.25, 0.3) is 0 Å². The summed E-state index contributed by atoms with van der Waals surface area (Å²) in [6, 6.07) is 24.1. The largest absolute Gasteiger partial charge is 0.490 e. The molecule has 0 atom stereocenters. The predicted octanol–water partition coefficient (Wildman–Crippen LogP) is 8.31. The number of rotatable bonds is 12. The Morgan fingerprint density at radius 3 is 1.09 bits per heavy atom. The summed E-state index contributed by atoms with van der Waals surface area (Å²) in [5.41, 5.74) is 3.33. The summed E-state index contributed by atoms with van der Waals surface area (Å²) in [4.78, 5) is 0. The van der Waals surface area contributed by atoms with Crippen molar-refractivity contribution in [1.29, 1.82) is 0 Å². The van der Waals surface area contributed by atoms with Crippen molar-refractivity contribution < 1.29 is 13.6 Å². The minimum Gasteiger partial charge on any atom is -0.407 e. The molecule has 0 saturated carbocycles. The van der Waals surface area contributed by atoms with E-state index in [-0.39, 0.29) is 0 Å². The Morgan fingerprint density at radius 1 is 0.531 bits per heavy atom. The van der Waals surface area contributed by atoms with Crippen LogP contribution in [0.2, 0.25) is 0 Å². The highest BCUT2D eigenvalue weighted by Crippen LogP contribution is 2.52. The van der Waals surface area contributed by atoms with Crippen LogP contribution in [0.15, 0.2) is 72.8 Å². The zero-order valence-electron chi connectivity index (χ0n) is 19.3. The summed E-state index contributed by atoms with van der Waals surface area (Å²) in [5.74, 6) is 2.20. The molecule has 0 aliphatic carbocycles. The van der Waals surface area contributed by atoms with Crippen molar-refractivity contribution in [1.82, 2.24) is 0 Å². The fraction of sp³-hybridized carbons (Fsp3) is 0.333. The van der Waals surface area contributed by atoms with Gasteiger partial charge >= 0.3 is 6.72 Å². The number of para-hydroxylation sites is 3. The maximum atomic E-state index is 6.44. The second kappa shape index (κ2) is 12.1. The topological polar surface area (TPSA) is 27.7 Å². The Morgan fingerprint density at radius 2 is 0.812 bits per heavy atom. The van der Waals surface area contributed by atoms with Gasteiger partial charge in [0.1, 0.15) is 17.2 Å². The second-order valence-corrected chi connectivity index (χ2v) is 10.6. The predicted molar refractivity (Wildman–Crippen MR) is 137 cm³/mol. The molecule has 0 amide bonds. The van der Waals surface area contributed by atoms with E-state index in [0.29, 0.717) is 0 Å². The first-order valence-corrected chi connectivity index (χ1v) is 14.1. The Labute approximate surface area is 198 Å². The molecule has 32 heavy (non-hydrogen) atoms. The second-order valence-electron chi connectivity index (χ2n) is 7.79. The van der Waals surface area contributed by atoms with Gasteiger partial charge in [-0.15, -0.1) is 0 Å². The van der Waals surface area contributed by atoms with Crippen LogP contribution >= 0.6 is 6.72 Å². The SMILES string of the molecule is CCCc1ccccc1OP(=S)(Oc1ccccc1CCC)Oc1ccccc1CCC. The summed E-state index contributed by atoms with van der Waals surface area (Å²) in [6.45, 7) is 3.26. The van der Waals surface area contributed by atoms with E-state index in [2.05, 4.69) is 39.0 Å². The smallest absolute Gasteiger partial charge is 0.407 e. The van der Waals surface area contributed by atoms with Crippen molar-refractivity contribution in [3.63, 3.8) is 0 Å². The summed E-state index contributed by atoms with van der Waals surface area (Å²) in [7, 11) is 0. The minimum absolute atomic E-state index is 0.735. The molecule has 0 saturated heterocycles. The van der Waals surface area contributed by atoms with E-state index in [1.165, 1.54) is 0 Å². The van der Waals surface area contributed by atoms with Crippen LogP contribution in [0.3, 0.4) is 0 Å². The van der Waals surface area contributed by atoms with Gasteiger partial charge in [-0.2, -0.15) is 0 Å². The highest BCUT2D eigenvalue weighted by atomic mass is 32.5. The lowest BCUT2D eigenvalue weighted by molar-refractivity contribution is 0.378. The van der Waals surface area contributed by atoms with Crippen molar-refractivity contribution in [3.8, 4) is 17.2 Å². The fourth-order valence-corrected chi connectivity index (χ4v) is 5.72. The molecule has 170 valence electrons. The first-order valence-electron chi connectivity index (χ1n) is 11.5. The van der Waals surface area contributed by atoms with Crippen molar-refractivity contribution in [2.75, 3.05) is 0 Å². The molecular formula is C27H33O3PS. The lowest BCUT2D eigenvalue weighted by atomic mass is 10.1. The molecule has 0 radical (unpaired) electrons. The monoisotopic (exact) mass is 468 g/mol. The number of hydrogen-bond acceptors (Lipinski definition) is 4. The molecule has 0 fully saturated rings. The molecular weight excluding hydrogens is 435 g/mol. The molecule has 3 aromatic rings. The third-order valence-electron chi connectivity index (χ3n) is 5.11. The maximum absolute atomic E-state index is 6.44. The highest BCUT2D eigenvalue weighted by Gasteiger charge is 2.29. The quantitative estimate of drug-likeness (QED) is 0.250. The third-order valence-corrected chi connectivity index (χ3v) is 7.04. The van der Waals surface area contributed by atoms with Gasteiger partial charge in [-0.3, -0.25) is 0 Å².